The third-order valence-electron chi connectivity index (χ3n) is 15.7. The van der Waals surface area contributed by atoms with Gasteiger partial charge in [-0.05, 0) is 83.5 Å². The highest BCUT2D eigenvalue weighted by atomic mass is 16.5. The maximum Gasteiger partial charge on any atom is 0.305 e. The molecule has 0 radical (unpaired) electrons. The van der Waals surface area contributed by atoms with Gasteiger partial charge in [-0.25, -0.2) is 0 Å². The molecule has 0 fully saturated rings. The van der Waals surface area contributed by atoms with E-state index in [1.165, 1.54) is 263 Å². The minimum Gasteiger partial charge on any atom is -0.466 e. The van der Waals surface area contributed by atoms with Gasteiger partial charge in [-0.1, -0.05) is 307 Å². The summed E-state index contributed by atoms with van der Waals surface area (Å²) in [4.78, 5) is 24.6. The second-order valence-corrected chi connectivity index (χ2v) is 23.1. The van der Waals surface area contributed by atoms with E-state index in [0.29, 0.717) is 25.9 Å². The first-order chi connectivity index (χ1) is 37.0. The summed E-state index contributed by atoms with van der Waals surface area (Å²) in [6.07, 6.45) is 81.7. The summed E-state index contributed by atoms with van der Waals surface area (Å²) in [6.45, 7) is 4.94. The molecule has 0 aliphatic rings. The van der Waals surface area contributed by atoms with Gasteiger partial charge in [0.05, 0.1) is 25.4 Å². The lowest BCUT2D eigenvalue weighted by Gasteiger charge is -2.22. The first-order valence-electron chi connectivity index (χ1n) is 33.7. The Hall–Kier alpha value is -1.92. The molecule has 0 bridgehead atoms. The monoisotopic (exact) mass is 1050 g/mol. The number of carbonyl (C=O) groups is 2. The Bertz CT molecular complexity index is 1210. The van der Waals surface area contributed by atoms with Gasteiger partial charge in [0, 0.05) is 12.8 Å². The molecule has 6 nitrogen and oxygen atoms in total. The largest absolute Gasteiger partial charge is 0.466 e. The van der Waals surface area contributed by atoms with Crippen molar-refractivity contribution >= 4 is 11.9 Å². The van der Waals surface area contributed by atoms with Gasteiger partial charge in [0.15, 0.2) is 0 Å². The van der Waals surface area contributed by atoms with E-state index in [2.05, 4.69) is 55.6 Å². The van der Waals surface area contributed by atoms with Crippen molar-refractivity contribution in [2.75, 3.05) is 13.2 Å². The third-order valence-corrected chi connectivity index (χ3v) is 15.7. The van der Waals surface area contributed by atoms with Crippen LogP contribution in [0.25, 0.3) is 0 Å². The lowest BCUT2D eigenvalue weighted by Crippen LogP contribution is -2.45. The Morgan fingerprint density at radius 3 is 1.04 bits per heavy atom. The minimum atomic E-state index is -0.675. The number of hydrogen-bond donors (Lipinski definition) is 3. The van der Waals surface area contributed by atoms with Crippen LogP contribution in [0.2, 0.25) is 0 Å². The second kappa shape index (κ2) is 64.6. The number of esters is 1. The number of hydrogen-bond acceptors (Lipinski definition) is 5. The summed E-state index contributed by atoms with van der Waals surface area (Å²) in [5.74, 6) is -0.0559. The summed E-state index contributed by atoms with van der Waals surface area (Å²) in [5.41, 5.74) is 0. The van der Waals surface area contributed by atoms with Crippen molar-refractivity contribution < 1.29 is 24.5 Å². The van der Waals surface area contributed by atoms with Crippen LogP contribution in [0.4, 0.5) is 0 Å². The van der Waals surface area contributed by atoms with E-state index < -0.39 is 12.1 Å². The number of carbonyl (C=O) groups excluding carboxylic acids is 2. The summed E-state index contributed by atoms with van der Waals surface area (Å²) in [7, 11) is 0. The molecule has 0 aromatic rings. The van der Waals surface area contributed by atoms with E-state index in [1.807, 2.05) is 0 Å². The van der Waals surface area contributed by atoms with Gasteiger partial charge in [-0.3, -0.25) is 9.59 Å². The third kappa shape index (κ3) is 61.2. The molecule has 3 N–H and O–H groups in total. The summed E-state index contributed by atoms with van der Waals surface area (Å²) in [5, 5.41) is 23.4. The minimum absolute atomic E-state index is 0.00979. The molecule has 0 aromatic heterocycles. The fourth-order valence-electron chi connectivity index (χ4n) is 10.5. The van der Waals surface area contributed by atoms with Crippen molar-refractivity contribution in [2.24, 2.45) is 0 Å². The molecule has 0 aliphatic heterocycles. The number of unbranched alkanes of at least 4 members (excludes halogenated alkanes) is 46. The Labute approximate surface area is 468 Å². The first kappa shape index (κ1) is 73.1. The van der Waals surface area contributed by atoms with Crippen molar-refractivity contribution in [3.8, 4) is 0 Å². The van der Waals surface area contributed by atoms with Gasteiger partial charge in [0.25, 0.3) is 0 Å². The summed E-state index contributed by atoms with van der Waals surface area (Å²) in [6, 6.07) is -0.554. The zero-order chi connectivity index (χ0) is 54.3. The molecule has 0 aliphatic carbocycles. The van der Waals surface area contributed by atoms with Gasteiger partial charge in [-0.15, -0.1) is 0 Å². The van der Waals surface area contributed by atoms with E-state index >= 15 is 0 Å². The predicted octanol–water partition coefficient (Wildman–Crippen LogP) is 21.5. The lowest BCUT2D eigenvalue weighted by molar-refractivity contribution is -0.143. The van der Waals surface area contributed by atoms with Gasteiger partial charge in [-0.2, -0.15) is 0 Å². The zero-order valence-corrected chi connectivity index (χ0v) is 50.5. The van der Waals surface area contributed by atoms with E-state index in [1.54, 1.807) is 0 Å². The molecular weight excluding hydrogens is 923 g/mol. The van der Waals surface area contributed by atoms with Crippen LogP contribution in [0.5, 0.6) is 0 Å². The number of nitrogens with one attached hydrogen (secondary N) is 1. The molecule has 0 saturated heterocycles. The van der Waals surface area contributed by atoms with Gasteiger partial charge in [0.2, 0.25) is 5.91 Å². The number of rotatable bonds is 63. The predicted molar refractivity (Wildman–Crippen MR) is 329 cm³/mol. The normalized spacial score (nSPS) is 12.7. The molecule has 2 unspecified atom stereocenters. The van der Waals surface area contributed by atoms with Crippen LogP contribution in [0.3, 0.4) is 0 Å². The second-order valence-electron chi connectivity index (χ2n) is 23.1. The Morgan fingerprint density at radius 2 is 0.667 bits per heavy atom. The molecule has 0 rings (SSSR count). The van der Waals surface area contributed by atoms with E-state index in [-0.39, 0.29) is 18.5 Å². The zero-order valence-electron chi connectivity index (χ0n) is 50.5. The fourth-order valence-corrected chi connectivity index (χ4v) is 10.5. The molecule has 0 saturated carbocycles. The average Bonchev–Trinajstić information content (AvgIpc) is 3.41. The fraction of sp³-hybridized carbons (Fsp3) is 0.884. The van der Waals surface area contributed by atoms with E-state index in [0.717, 1.165) is 70.6 Å². The first-order valence-corrected chi connectivity index (χ1v) is 33.7. The van der Waals surface area contributed by atoms with Crippen molar-refractivity contribution in [3.05, 3.63) is 36.5 Å². The molecule has 0 heterocycles. The number of aliphatic hydroxyl groups excluding tert-OH is 2. The van der Waals surface area contributed by atoms with E-state index in [4.69, 9.17) is 4.74 Å². The smallest absolute Gasteiger partial charge is 0.305 e. The molecule has 6 heteroatoms. The standard InChI is InChI=1S/C69H131NO5/c1-3-5-7-9-11-13-15-17-19-21-22-23-24-25-26-27-30-33-37-41-45-49-53-57-61-67(72)66(65-71)70-68(73)62-58-54-50-46-42-38-34-31-28-29-32-36-40-44-48-52-56-60-64-75-69(74)63-59-55-51-47-43-39-35-20-18-16-14-12-10-8-6-4-2/h14,16,20,31,34-35,66-67,71-72H,3-13,15,17-19,21-30,32-33,36-65H2,1-2H3,(H,70,73)/b16-14-,34-31-,35-20-. The molecular formula is C69H131NO5. The molecule has 2 atom stereocenters. The number of ether oxygens (including phenoxy) is 1. The topological polar surface area (TPSA) is 95.9 Å². The van der Waals surface area contributed by atoms with Crippen molar-refractivity contribution in [2.45, 2.75) is 379 Å². The Balaban J connectivity index is 3.45. The van der Waals surface area contributed by atoms with Crippen LogP contribution < -0.4 is 5.32 Å². The SMILES string of the molecule is CCCCCC/C=C\C/C=C\CCCCCCCC(=O)OCCCCCCCCCCC/C=C\CCCCCCCC(=O)NC(CO)C(O)CCCCCCCCCCCCCCCCCCCCCCCCCC. The molecule has 0 spiro atoms. The van der Waals surface area contributed by atoms with Crippen molar-refractivity contribution in [1.82, 2.24) is 5.32 Å². The Kier molecular flexibility index (Phi) is 63.0. The highest BCUT2D eigenvalue weighted by molar-refractivity contribution is 5.76. The molecule has 442 valence electrons. The molecule has 1 amide bonds. The lowest BCUT2D eigenvalue weighted by atomic mass is 10.0. The van der Waals surface area contributed by atoms with Crippen LogP contribution in [0, 0.1) is 0 Å². The average molecular weight is 1050 g/mol. The highest BCUT2D eigenvalue weighted by Crippen LogP contribution is 2.18. The van der Waals surface area contributed by atoms with Gasteiger partial charge in [0.1, 0.15) is 0 Å². The highest BCUT2D eigenvalue weighted by Gasteiger charge is 2.20. The molecule has 75 heavy (non-hydrogen) atoms. The number of aliphatic hydroxyl groups is 2. The maximum absolute atomic E-state index is 12.5. The number of amides is 1. The van der Waals surface area contributed by atoms with Crippen LogP contribution in [-0.4, -0.2) is 47.4 Å². The van der Waals surface area contributed by atoms with Crippen molar-refractivity contribution in [1.29, 1.82) is 0 Å². The Morgan fingerprint density at radius 1 is 0.373 bits per heavy atom. The summed E-state index contributed by atoms with van der Waals surface area (Å²) < 4.78 is 5.48. The number of allylic oxidation sites excluding steroid dienone is 6. The van der Waals surface area contributed by atoms with Crippen LogP contribution in [0.1, 0.15) is 367 Å². The summed E-state index contributed by atoms with van der Waals surface area (Å²) >= 11 is 0. The van der Waals surface area contributed by atoms with Gasteiger partial charge < -0.3 is 20.3 Å². The van der Waals surface area contributed by atoms with E-state index in [9.17, 15) is 19.8 Å². The maximum atomic E-state index is 12.5. The molecule has 0 aromatic carbocycles. The quantitative estimate of drug-likeness (QED) is 0.0320. The van der Waals surface area contributed by atoms with Crippen LogP contribution >= 0.6 is 0 Å². The van der Waals surface area contributed by atoms with Crippen LogP contribution in [0.15, 0.2) is 36.5 Å². The van der Waals surface area contributed by atoms with Crippen molar-refractivity contribution in [3.63, 3.8) is 0 Å². The van der Waals surface area contributed by atoms with Gasteiger partial charge >= 0.3 is 5.97 Å². The van der Waals surface area contributed by atoms with Crippen LogP contribution in [-0.2, 0) is 14.3 Å².